The Morgan fingerprint density at radius 2 is 2.21 bits per heavy atom. The van der Waals surface area contributed by atoms with Gasteiger partial charge in [0.15, 0.2) is 0 Å². The van der Waals surface area contributed by atoms with Gasteiger partial charge >= 0.3 is 0 Å². The maximum atomic E-state index is 11.9. The normalized spacial score (nSPS) is 31.0. The summed E-state index contributed by atoms with van der Waals surface area (Å²) in [5.74, 6) is 2.38. The average molecular weight is 214 g/mol. The predicted molar refractivity (Wildman–Crippen MR) is 59.5 cm³/mol. The lowest BCUT2D eigenvalue weighted by Crippen LogP contribution is -2.61. The van der Waals surface area contributed by atoms with E-state index in [1.54, 1.807) is 0 Å². The number of thioether (sulfide) groups is 1. The number of likely N-dealkylation sites (tertiary alicyclic amines) is 1. The highest BCUT2D eigenvalue weighted by Crippen LogP contribution is 2.29. The van der Waals surface area contributed by atoms with E-state index in [1.807, 2.05) is 16.7 Å². The Balaban J connectivity index is 1.84. The molecule has 2 heterocycles. The molecule has 0 saturated carbocycles. The lowest BCUT2D eigenvalue weighted by Gasteiger charge is -2.47. The van der Waals surface area contributed by atoms with Crippen LogP contribution in [0.1, 0.15) is 13.8 Å². The summed E-state index contributed by atoms with van der Waals surface area (Å²) < 4.78 is 0. The zero-order valence-corrected chi connectivity index (χ0v) is 9.69. The van der Waals surface area contributed by atoms with Crippen molar-refractivity contribution in [2.45, 2.75) is 19.9 Å². The molecule has 0 aromatic carbocycles. The predicted octanol–water partition coefficient (Wildman–Crippen LogP) is 0.560. The number of rotatable bonds is 1. The van der Waals surface area contributed by atoms with Crippen molar-refractivity contribution >= 4 is 17.7 Å². The number of carbonyl (C=O) groups is 1. The quantitative estimate of drug-likeness (QED) is 0.692. The molecule has 0 spiro atoms. The lowest BCUT2D eigenvalue weighted by molar-refractivity contribution is -0.143. The molecule has 4 heteroatoms. The third kappa shape index (κ3) is 2.06. The van der Waals surface area contributed by atoms with E-state index in [9.17, 15) is 4.79 Å². The topological polar surface area (TPSA) is 32.3 Å². The summed E-state index contributed by atoms with van der Waals surface area (Å²) in [7, 11) is 0. The van der Waals surface area contributed by atoms with Crippen LogP contribution in [0.2, 0.25) is 0 Å². The average Bonchev–Trinajstić information content (AvgIpc) is 2.14. The van der Waals surface area contributed by atoms with Crippen molar-refractivity contribution in [3.8, 4) is 0 Å². The molecule has 14 heavy (non-hydrogen) atoms. The zero-order chi connectivity index (χ0) is 10.2. The van der Waals surface area contributed by atoms with Crippen LogP contribution < -0.4 is 5.32 Å². The molecule has 2 aliphatic heterocycles. The summed E-state index contributed by atoms with van der Waals surface area (Å²) in [4.78, 5) is 13.9. The van der Waals surface area contributed by atoms with Crippen molar-refractivity contribution < 1.29 is 4.79 Å². The molecule has 2 fully saturated rings. The van der Waals surface area contributed by atoms with Crippen LogP contribution in [0, 0.1) is 5.41 Å². The van der Waals surface area contributed by atoms with Gasteiger partial charge in [0.05, 0.1) is 6.04 Å². The number of hydrogen-bond acceptors (Lipinski definition) is 3. The van der Waals surface area contributed by atoms with Gasteiger partial charge in [-0.1, -0.05) is 13.8 Å². The van der Waals surface area contributed by atoms with E-state index in [0.29, 0.717) is 11.3 Å². The largest absolute Gasteiger partial charge is 0.340 e. The fourth-order valence-corrected chi connectivity index (χ4v) is 3.01. The third-order valence-electron chi connectivity index (χ3n) is 2.77. The van der Waals surface area contributed by atoms with Crippen LogP contribution in [0.25, 0.3) is 0 Å². The maximum absolute atomic E-state index is 11.9. The first kappa shape index (κ1) is 10.3. The van der Waals surface area contributed by atoms with Crippen molar-refractivity contribution in [2.24, 2.45) is 5.41 Å². The fourth-order valence-electron chi connectivity index (χ4n) is 2.09. The Kier molecular flexibility index (Phi) is 2.75. The standard InChI is InChI=1S/C10H18N2OS/c1-10(2)6-12(7-10)9(13)8-5-14-4-3-11-8/h8,11H,3-7H2,1-2H3. The minimum absolute atomic E-state index is 0.0739. The van der Waals surface area contributed by atoms with Crippen molar-refractivity contribution in [3.05, 3.63) is 0 Å². The van der Waals surface area contributed by atoms with Gasteiger partial charge in [-0.3, -0.25) is 4.79 Å². The second-order valence-electron chi connectivity index (χ2n) is 4.94. The van der Waals surface area contributed by atoms with E-state index in [0.717, 1.165) is 31.1 Å². The first-order valence-electron chi connectivity index (χ1n) is 5.18. The summed E-state index contributed by atoms with van der Waals surface area (Å²) >= 11 is 1.87. The molecule has 2 aliphatic rings. The molecular weight excluding hydrogens is 196 g/mol. The van der Waals surface area contributed by atoms with Crippen LogP contribution in [-0.2, 0) is 4.79 Å². The van der Waals surface area contributed by atoms with Crippen LogP contribution in [0.4, 0.5) is 0 Å². The van der Waals surface area contributed by atoms with Crippen molar-refractivity contribution in [2.75, 3.05) is 31.1 Å². The zero-order valence-electron chi connectivity index (χ0n) is 8.88. The molecule has 2 saturated heterocycles. The Labute approximate surface area is 89.6 Å². The molecule has 0 aromatic heterocycles. The summed E-state index contributed by atoms with van der Waals surface area (Å²) in [5, 5.41) is 3.28. The molecule has 1 unspecified atom stereocenters. The molecule has 80 valence electrons. The highest BCUT2D eigenvalue weighted by molar-refractivity contribution is 7.99. The summed E-state index contributed by atoms with van der Waals surface area (Å²) in [6, 6.07) is 0.0739. The van der Waals surface area contributed by atoms with E-state index < -0.39 is 0 Å². The van der Waals surface area contributed by atoms with Crippen molar-refractivity contribution in [1.29, 1.82) is 0 Å². The molecule has 0 bridgehead atoms. The van der Waals surface area contributed by atoms with E-state index in [2.05, 4.69) is 19.2 Å². The number of nitrogens with zero attached hydrogens (tertiary/aromatic N) is 1. The highest BCUT2D eigenvalue weighted by Gasteiger charge is 2.39. The maximum Gasteiger partial charge on any atom is 0.240 e. The van der Waals surface area contributed by atoms with Gasteiger partial charge in [0.25, 0.3) is 0 Å². The number of nitrogens with one attached hydrogen (secondary N) is 1. The smallest absolute Gasteiger partial charge is 0.240 e. The van der Waals surface area contributed by atoms with Crippen molar-refractivity contribution in [1.82, 2.24) is 10.2 Å². The molecule has 3 nitrogen and oxygen atoms in total. The first-order chi connectivity index (χ1) is 6.58. The second kappa shape index (κ2) is 3.74. The number of carbonyl (C=O) groups excluding carboxylic acids is 1. The van der Waals surface area contributed by atoms with E-state index in [1.165, 1.54) is 0 Å². The summed E-state index contributed by atoms with van der Waals surface area (Å²) in [6.07, 6.45) is 0. The number of amides is 1. The SMILES string of the molecule is CC1(C)CN(C(=O)C2CSCCN2)C1. The fraction of sp³-hybridized carbons (Fsp3) is 0.900. The molecule has 0 aromatic rings. The van der Waals surface area contributed by atoms with E-state index >= 15 is 0 Å². The van der Waals surface area contributed by atoms with Crippen LogP contribution in [0.15, 0.2) is 0 Å². The molecular formula is C10H18N2OS. The molecule has 1 N–H and O–H groups in total. The van der Waals surface area contributed by atoms with Crippen LogP contribution >= 0.6 is 11.8 Å². The van der Waals surface area contributed by atoms with Gasteiger partial charge in [-0.2, -0.15) is 11.8 Å². The van der Waals surface area contributed by atoms with E-state index in [4.69, 9.17) is 0 Å². The van der Waals surface area contributed by atoms with Gasteiger partial charge in [-0.05, 0) is 5.41 Å². The van der Waals surface area contributed by atoms with Gasteiger partial charge in [-0.15, -0.1) is 0 Å². The minimum Gasteiger partial charge on any atom is -0.340 e. The van der Waals surface area contributed by atoms with Gasteiger partial charge < -0.3 is 10.2 Å². The van der Waals surface area contributed by atoms with Crippen molar-refractivity contribution in [3.63, 3.8) is 0 Å². The second-order valence-corrected chi connectivity index (χ2v) is 6.09. The summed E-state index contributed by atoms with van der Waals surface area (Å²) in [6.45, 7) is 7.24. The Hall–Kier alpha value is -0.220. The highest BCUT2D eigenvalue weighted by atomic mass is 32.2. The molecule has 1 atom stereocenters. The monoisotopic (exact) mass is 214 g/mol. The van der Waals surface area contributed by atoms with Gasteiger partial charge in [0.2, 0.25) is 5.91 Å². The van der Waals surface area contributed by atoms with Crippen LogP contribution in [0.3, 0.4) is 0 Å². The van der Waals surface area contributed by atoms with Crippen LogP contribution in [0.5, 0.6) is 0 Å². The Morgan fingerprint density at radius 1 is 1.50 bits per heavy atom. The minimum atomic E-state index is 0.0739. The molecule has 2 rings (SSSR count). The Morgan fingerprint density at radius 3 is 2.71 bits per heavy atom. The summed E-state index contributed by atoms with van der Waals surface area (Å²) in [5.41, 5.74) is 0.345. The third-order valence-corrected chi connectivity index (χ3v) is 3.83. The molecule has 0 aliphatic carbocycles. The van der Waals surface area contributed by atoms with Crippen LogP contribution in [-0.4, -0.2) is 48.0 Å². The molecule has 1 amide bonds. The lowest BCUT2D eigenvalue weighted by atomic mass is 9.84. The van der Waals surface area contributed by atoms with E-state index in [-0.39, 0.29) is 6.04 Å². The Bertz CT molecular complexity index is 228. The number of hydrogen-bond donors (Lipinski definition) is 1. The van der Waals surface area contributed by atoms with Gasteiger partial charge in [0, 0.05) is 31.1 Å². The first-order valence-corrected chi connectivity index (χ1v) is 6.34. The van der Waals surface area contributed by atoms with Gasteiger partial charge in [0.1, 0.15) is 0 Å². The molecule has 0 radical (unpaired) electrons. The van der Waals surface area contributed by atoms with Gasteiger partial charge in [-0.25, -0.2) is 0 Å².